The number of nitrogen functional groups attached to an aromatic ring is 1. The summed E-state index contributed by atoms with van der Waals surface area (Å²) in [5, 5.41) is 12.0. The Balaban J connectivity index is 2.35. The molecule has 4 nitrogen and oxygen atoms in total. The van der Waals surface area contributed by atoms with Gasteiger partial charge in [0.1, 0.15) is 0 Å². The first-order valence-corrected chi connectivity index (χ1v) is 7.56. The van der Waals surface area contributed by atoms with Crippen LogP contribution in [0.15, 0.2) is 24.4 Å². The van der Waals surface area contributed by atoms with Gasteiger partial charge in [-0.25, -0.2) is 4.98 Å². The molecular weight excluding hydrogens is 262 g/mol. The Labute approximate surface area is 124 Å². The van der Waals surface area contributed by atoms with Crippen LogP contribution in [0.3, 0.4) is 0 Å². The van der Waals surface area contributed by atoms with Gasteiger partial charge in [0.2, 0.25) is 5.88 Å². The van der Waals surface area contributed by atoms with Crippen LogP contribution in [0.4, 0.5) is 5.69 Å². The van der Waals surface area contributed by atoms with E-state index in [0.29, 0.717) is 11.1 Å². The lowest BCUT2D eigenvalue weighted by Gasteiger charge is -2.08. The summed E-state index contributed by atoms with van der Waals surface area (Å²) in [7, 11) is 0. The predicted octanol–water partition coefficient (Wildman–Crippen LogP) is 3.84. The van der Waals surface area contributed by atoms with Gasteiger partial charge in [0, 0.05) is 18.1 Å². The summed E-state index contributed by atoms with van der Waals surface area (Å²) in [6.45, 7) is 5.00. The van der Waals surface area contributed by atoms with E-state index in [-0.39, 0.29) is 5.88 Å². The van der Waals surface area contributed by atoms with E-state index in [2.05, 4.69) is 19.9 Å². The summed E-state index contributed by atoms with van der Waals surface area (Å²) in [6, 6.07) is 6.09. The summed E-state index contributed by atoms with van der Waals surface area (Å²) in [5.74, 6) is 0.222. The standard InChI is InChI=1S/C17H21N3O/c1-3-6-11-7-5-8-12-15(18)14-13(19-16(11)12)10-20(9-4-2)17(14)21/h5,7-8,10,21H,3-4,6,9,18H2,1-2H3. The number of anilines is 1. The number of aryl methyl sites for hydroxylation is 2. The molecule has 0 radical (unpaired) electrons. The molecular formula is C17H21N3O. The van der Waals surface area contributed by atoms with E-state index in [9.17, 15) is 5.11 Å². The molecule has 2 aromatic heterocycles. The summed E-state index contributed by atoms with van der Waals surface area (Å²) >= 11 is 0. The SMILES string of the molecule is CCCc1cccc2c(N)c3c(O)n(CCC)cc3nc12. The molecule has 0 amide bonds. The third-order valence-electron chi connectivity index (χ3n) is 3.93. The van der Waals surface area contributed by atoms with Gasteiger partial charge in [0.25, 0.3) is 0 Å². The highest BCUT2D eigenvalue weighted by Gasteiger charge is 2.16. The number of fused-ring (bicyclic) bond motifs is 2. The molecule has 0 saturated heterocycles. The zero-order chi connectivity index (χ0) is 15.0. The summed E-state index contributed by atoms with van der Waals surface area (Å²) < 4.78 is 1.83. The van der Waals surface area contributed by atoms with Crippen molar-refractivity contribution in [1.82, 2.24) is 9.55 Å². The zero-order valence-electron chi connectivity index (χ0n) is 12.6. The topological polar surface area (TPSA) is 64.1 Å². The van der Waals surface area contributed by atoms with Crippen LogP contribution in [0.2, 0.25) is 0 Å². The average Bonchev–Trinajstić information content (AvgIpc) is 2.78. The van der Waals surface area contributed by atoms with Gasteiger partial charge in [-0.1, -0.05) is 38.5 Å². The van der Waals surface area contributed by atoms with Crippen LogP contribution >= 0.6 is 0 Å². The van der Waals surface area contributed by atoms with Crippen LogP contribution in [-0.4, -0.2) is 14.7 Å². The first-order valence-electron chi connectivity index (χ1n) is 7.56. The molecule has 0 aliphatic heterocycles. The molecule has 21 heavy (non-hydrogen) atoms. The molecule has 3 N–H and O–H groups in total. The fourth-order valence-corrected chi connectivity index (χ4v) is 2.95. The Kier molecular flexibility index (Phi) is 3.45. The van der Waals surface area contributed by atoms with Gasteiger partial charge in [-0.3, -0.25) is 0 Å². The molecule has 0 unspecified atom stereocenters. The fraction of sp³-hybridized carbons (Fsp3) is 0.353. The lowest BCUT2D eigenvalue weighted by atomic mass is 10.0. The second-order valence-electron chi connectivity index (χ2n) is 5.50. The Morgan fingerprint density at radius 1 is 1.24 bits per heavy atom. The number of pyridine rings is 1. The third-order valence-corrected chi connectivity index (χ3v) is 3.93. The van der Waals surface area contributed by atoms with E-state index in [4.69, 9.17) is 10.7 Å². The normalized spacial score (nSPS) is 11.5. The third kappa shape index (κ3) is 2.11. The van der Waals surface area contributed by atoms with E-state index in [1.54, 1.807) is 0 Å². The van der Waals surface area contributed by atoms with Crippen molar-refractivity contribution < 1.29 is 5.11 Å². The molecule has 0 bridgehead atoms. The summed E-state index contributed by atoms with van der Waals surface area (Å²) in [6.07, 6.45) is 4.90. The fourth-order valence-electron chi connectivity index (χ4n) is 2.95. The van der Waals surface area contributed by atoms with Gasteiger partial charge < -0.3 is 15.4 Å². The number of rotatable bonds is 4. The minimum Gasteiger partial charge on any atom is -0.494 e. The van der Waals surface area contributed by atoms with Crippen molar-refractivity contribution >= 4 is 27.5 Å². The minimum atomic E-state index is 0.222. The van der Waals surface area contributed by atoms with Gasteiger partial charge in [-0.15, -0.1) is 0 Å². The van der Waals surface area contributed by atoms with E-state index < -0.39 is 0 Å². The number of aromatic nitrogens is 2. The van der Waals surface area contributed by atoms with Gasteiger partial charge in [-0.05, 0) is 18.4 Å². The van der Waals surface area contributed by atoms with E-state index in [0.717, 1.165) is 42.2 Å². The van der Waals surface area contributed by atoms with Crippen molar-refractivity contribution in [3.05, 3.63) is 30.0 Å². The Bertz CT molecular complexity index is 805. The van der Waals surface area contributed by atoms with Crippen molar-refractivity contribution in [2.75, 3.05) is 5.73 Å². The van der Waals surface area contributed by atoms with Gasteiger partial charge in [0.15, 0.2) is 0 Å². The Morgan fingerprint density at radius 3 is 2.76 bits per heavy atom. The quantitative estimate of drug-likeness (QED) is 0.764. The second kappa shape index (κ2) is 5.28. The zero-order valence-corrected chi connectivity index (χ0v) is 12.6. The summed E-state index contributed by atoms with van der Waals surface area (Å²) in [4.78, 5) is 4.76. The number of nitrogens with two attached hydrogens (primary N) is 1. The van der Waals surface area contributed by atoms with Crippen molar-refractivity contribution in [2.45, 2.75) is 39.7 Å². The number of hydrogen-bond donors (Lipinski definition) is 2. The van der Waals surface area contributed by atoms with E-state index in [1.165, 1.54) is 5.56 Å². The van der Waals surface area contributed by atoms with Crippen molar-refractivity contribution in [3.8, 4) is 5.88 Å². The molecule has 2 heterocycles. The lowest BCUT2D eigenvalue weighted by Crippen LogP contribution is -1.95. The predicted molar refractivity (Wildman–Crippen MR) is 87.6 cm³/mol. The number of nitrogens with zero attached hydrogens (tertiary/aromatic N) is 2. The number of para-hydroxylation sites is 1. The highest BCUT2D eigenvalue weighted by Crippen LogP contribution is 2.36. The molecule has 3 rings (SSSR count). The second-order valence-corrected chi connectivity index (χ2v) is 5.50. The maximum absolute atomic E-state index is 10.4. The molecule has 0 spiro atoms. The van der Waals surface area contributed by atoms with Crippen LogP contribution in [0.25, 0.3) is 21.8 Å². The maximum Gasteiger partial charge on any atom is 0.202 e. The number of benzene rings is 1. The average molecular weight is 283 g/mol. The monoisotopic (exact) mass is 283 g/mol. The van der Waals surface area contributed by atoms with E-state index in [1.807, 2.05) is 22.9 Å². The summed E-state index contributed by atoms with van der Waals surface area (Å²) in [5.41, 5.74) is 9.89. The van der Waals surface area contributed by atoms with Crippen molar-refractivity contribution in [3.63, 3.8) is 0 Å². The van der Waals surface area contributed by atoms with Gasteiger partial charge >= 0.3 is 0 Å². The lowest BCUT2D eigenvalue weighted by molar-refractivity contribution is 0.421. The molecule has 3 aromatic rings. The molecule has 0 fully saturated rings. The van der Waals surface area contributed by atoms with E-state index >= 15 is 0 Å². The minimum absolute atomic E-state index is 0.222. The largest absolute Gasteiger partial charge is 0.494 e. The van der Waals surface area contributed by atoms with Gasteiger partial charge in [0.05, 0.1) is 22.1 Å². The molecule has 0 aliphatic rings. The molecule has 0 saturated carbocycles. The van der Waals surface area contributed by atoms with Crippen molar-refractivity contribution in [1.29, 1.82) is 0 Å². The Hall–Kier alpha value is -2.23. The smallest absolute Gasteiger partial charge is 0.202 e. The maximum atomic E-state index is 10.4. The van der Waals surface area contributed by atoms with Crippen LogP contribution < -0.4 is 5.73 Å². The molecule has 1 aromatic carbocycles. The number of aromatic hydroxyl groups is 1. The highest BCUT2D eigenvalue weighted by atomic mass is 16.3. The number of hydrogen-bond acceptors (Lipinski definition) is 3. The first-order chi connectivity index (χ1) is 10.2. The highest BCUT2D eigenvalue weighted by molar-refractivity contribution is 6.09. The van der Waals surface area contributed by atoms with Crippen LogP contribution in [0.5, 0.6) is 5.88 Å². The van der Waals surface area contributed by atoms with Gasteiger partial charge in [-0.2, -0.15) is 0 Å². The van der Waals surface area contributed by atoms with Crippen LogP contribution in [-0.2, 0) is 13.0 Å². The molecule has 110 valence electrons. The van der Waals surface area contributed by atoms with Crippen LogP contribution in [0.1, 0.15) is 32.3 Å². The van der Waals surface area contributed by atoms with Crippen molar-refractivity contribution in [2.24, 2.45) is 0 Å². The first kappa shape index (κ1) is 13.7. The van der Waals surface area contributed by atoms with Crippen LogP contribution in [0, 0.1) is 0 Å². The molecule has 4 heteroatoms. The molecule has 0 atom stereocenters. The molecule has 0 aliphatic carbocycles. The Morgan fingerprint density at radius 2 is 2.05 bits per heavy atom.